The van der Waals surface area contributed by atoms with Gasteiger partial charge in [0.05, 0.1) is 12.6 Å². The molecule has 0 aliphatic carbocycles. The van der Waals surface area contributed by atoms with E-state index in [2.05, 4.69) is 10.3 Å². The molecule has 1 aromatic heterocycles. The molecule has 0 fully saturated rings. The number of nitrogens with zero attached hydrogens (tertiary/aromatic N) is 1. The highest BCUT2D eigenvalue weighted by atomic mass is 16.4. The molecule has 0 amide bonds. The second kappa shape index (κ2) is 5.50. The van der Waals surface area contributed by atoms with E-state index in [1.165, 1.54) is 0 Å². The highest BCUT2D eigenvalue weighted by Gasteiger charge is 2.07. The topological polar surface area (TPSA) is 58.3 Å². The van der Waals surface area contributed by atoms with E-state index < -0.39 is 0 Å². The van der Waals surface area contributed by atoms with Crippen molar-refractivity contribution in [2.75, 3.05) is 13.6 Å². The second-order valence-electron chi connectivity index (χ2n) is 3.88. The van der Waals surface area contributed by atoms with Crippen molar-refractivity contribution in [3.8, 4) is 5.75 Å². The number of hydrogen-bond donors (Lipinski definition) is 2. The number of oxazole rings is 1. The Bertz CT molecular complexity index is 480. The molecule has 0 spiro atoms. The molecule has 17 heavy (non-hydrogen) atoms. The molecule has 0 atom stereocenters. The van der Waals surface area contributed by atoms with Gasteiger partial charge in [0, 0.05) is 18.5 Å². The SMILES string of the molecule is CNCCc1cnc(Cc2ccccc2O)o1. The van der Waals surface area contributed by atoms with E-state index in [4.69, 9.17) is 4.42 Å². The van der Waals surface area contributed by atoms with Crippen LogP contribution in [0.3, 0.4) is 0 Å². The largest absolute Gasteiger partial charge is 0.508 e. The first-order valence-corrected chi connectivity index (χ1v) is 5.64. The van der Waals surface area contributed by atoms with E-state index in [0.717, 1.165) is 24.3 Å². The van der Waals surface area contributed by atoms with E-state index in [1.807, 2.05) is 19.2 Å². The minimum atomic E-state index is 0.280. The summed E-state index contributed by atoms with van der Waals surface area (Å²) in [6.07, 6.45) is 3.09. The van der Waals surface area contributed by atoms with Crippen LogP contribution >= 0.6 is 0 Å². The van der Waals surface area contributed by atoms with Crippen molar-refractivity contribution in [3.05, 3.63) is 47.7 Å². The summed E-state index contributed by atoms with van der Waals surface area (Å²) >= 11 is 0. The average molecular weight is 232 g/mol. The van der Waals surface area contributed by atoms with Crippen molar-refractivity contribution in [3.63, 3.8) is 0 Å². The Morgan fingerprint density at radius 1 is 1.35 bits per heavy atom. The van der Waals surface area contributed by atoms with Crippen LogP contribution in [0.2, 0.25) is 0 Å². The zero-order chi connectivity index (χ0) is 12.1. The Hall–Kier alpha value is -1.81. The predicted octanol–water partition coefficient (Wildman–Crippen LogP) is 1.73. The number of aromatic nitrogens is 1. The molecule has 4 heteroatoms. The summed E-state index contributed by atoms with van der Waals surface area (Å²) in [6.45, 7) is 0.866. The lowest BCUT2D eigenvalue weighted by atomic mass is 10.1. The molecule has 0 radical (unpaired) electrons. The van der Waals surface area contributed by atoms with Gasteiger partial charge in [0.15, 0.2) is 5.89 Å². The van der Waals surface area contributed by atoms with Gasteiger partial charge in [0.2, 0.25) is 0 Å². The maximum atomic E-state index is 9.64. The first-order chi connectivity index (χ1) is 8.29. The molecule has 2 rings (SSSR count). The molecule has 0 bridgehead atoms. The molecule has 0 aliphatic heterocycles. The van der Waals surface area contributed by atoms with Gasteiger partial charge in [0.25, 0.3) is 0 Å². The quantitative estimate of drug-likeness (QED) is 0.824. The van der Waals surface area contributed by atoms with Gasteiger partial charge in [-0.15, -0.1) is 0 Å². The Labute approximate surface area is 100 Å². The summed E-state index contributed by atoms with van der Waals surface area (Å²) in [5, 5.41) is 12.7. The van der Waals surface area contributed by atoms with Crippen LogP contribution in [-0.4, -0.2) is 23.7 Å². The van der Waals surface area contributed by atoms with Gasteiger partial charge in [-0.05, 0) is 13.1 Å². The molecule has 2 aromatic rings. The predicted molar refractivity (Wildman–Crippen MR) is 65.0 cm³/mol. The van der Waals surface area contributed by atoms with Gasteiger partial charge in [0.1, 0.15) is 11.5 Å². The highest BCUT2D eigenvalue weighted by Crippen LogP contribution is 2.19. The van der Waals surface area contributed by atoms with Gasteiger partial charge in [-0.1, -0.05) is 18.2 Å². The monoisotopic (exact) mass is 232 g/mol. The summed E-state index contributed by atoms with van der Waals surface area (Å²) < 4.78 is 5.58. The number of phenolic OH excluding ortho intramolecular Hbond substituents is 1. The van der Waals surface area contributed by atoms with Gasteiger partial charge in [-0.3, -0.25) is 0 Å². The van der Waals surface area contributed by atoms with Crippen molar-refractivity contribution in [1.29, 1.82) is 0 Å². The smallest absolute Gasteiger partial charge is 0.198 e. The number of nitrogens with one attached hydrogen (secondary N) is 1. The number of phenols is 1. The summed E-state index contributed by atoms with van der Waals surface area (Å²) in [4.78, 5) is 4.20. The third-order valence-corrected chi connectivity index (χ3v) is 2.56. The van der Waals surface area contributed by atoms with E-state index >= 15 is 0 Å². The number of para-hydroxylation sites is 1. The molecule has 1 heterocycles. The van der Waals surface area contributed by atoms with Crippen LogP contribution in [0.1, 0.15) is 17.2 Å². The molecule has 2 N–H and O–H groups in total. The fourth-order valence-electron chi connectivity index (χ4n) is 1.62. The molecular formula is C13H16N2O2. The van der Waals surface area contributed by atoms with Crippen LogP contribution in [0, 0.1) is 0 Å². The van der Waals surface area contributed by atoms with Crippen LogP contribution in [-0.2, 0) is 12.8 Å². The van der Waals surface area contributed by atoms with Gasteiger partial charge in [-0.2, -0.15) is 0 Å². The van der Waals surface area contributed by atoms with Crippen molar-refractivity contribution in [2.24, 2.45) is 0 Å². The summed E-state index contributed by atoms with van der Waals surface area (Å²) in [6, 6.07) is 7.22. The molecule has 4 nitrogen and oxygen atoms in total. The zero-order valence-corrected chi connectivity index (χ0v) is 9.81. The standard InChI is InChI=1S/C13H16N2O2/c1-14-7-6-11-9-15-13(17-11)8-10-4-2-3-5-12(10)16/h2-5,9,14,16H,6-8H2,1H3. The number of rotatable bonds is 5. The fourth-order valence-corrected chi connectivity index (χ4v) is 1.62. The normalized spacial score (nSPS) is 10.6. The average Bonchev–Trinajstić information content (AvgIpc) is 2.77. The van der Waals surface area contributed by atoms with Crippen molar-refractivity contribution in [1.82, 2.24) is 10.3 Å². The van der Waals surface area contributed by atoms with E-state index in [1.54, 1.807) is 18.3 Å². The summed E-state index contributed by atoms with van der Waals surface area (Å²) in [5.74, 6) is 1.78. The molecule has 90 valence electrons. The third kappa shape index (κ3) is 3.07. The van der Waals surface area contributed by atoms with Crippen molar-refractivity contribution in [2.45, 2.75) is 12.8 Å². The molecule has 0 unspecified atom stereocenters. The minimum Gasteiger partial charge on any atom is -0.508 e. The van der Waals surface area contributed by atoms with Gasteiger partial charge >= 0.3 is 0 Å². The Balaban J connectivity index is 2.04. The second-order valence-corrected chi connectivity index (χ2v) is 3.88. The maximum Gasteiger partial charge on any atom is 0.198 e. The van der Waals surface area contributed by atoms with E-state index in [0.29, 0.717) is 12.3 Å². The minimum absolute atomic E-state index is 0.280. The fraction of sp³-hybridized carbons (Fsp3) is 0.308. The molecule has 0 saturated heterocycles. The lowest BCUT2D eigenvalue weighted by molar-refractivity contribution is 0.447. The Kier molecular flexibility index (Phi) is 3.77. The molecular weight excluding hydrogens is 216 g/mol. The van der Waals surface area contributed by atoms with Crippen LogP contribution in [0.25, 0.3) is 0 Å². The maximum absolute atomic E-state index is 9.64. The zero-order valence-electron chi connectivity index (χ0n) is 9.81. The number of hydrogen-bond acceptors (Lipinski definition) is 4. The van der Waals surface area contributed by atoms with Crippen molar-refractivity contribution < 1.29 is 9.52 Å². The number of likely N-dealkylation sites (N-methyl/N-ethyl adjacent to an activating group) is 1. The van der Waals surface area contributed by atoms with Crippen LogP contribution in [0.4, 0.5) is 0 Å². The first-order valence-electron chi connectivity index (χ1n) is 5.64. The Morgan fingerprint density at radius 3 is 2.94 bits per heavy atom. The van der Waals surface area contributed by atoms with E-state index in [9.17, 15) is 5.11 Å². The van der Waals surface area contributed by atoms with Gasteiger partial charge < -0.3 is 14.8 Å². The summed E-state index contributed by atoms with van der Waals surface area (Å²) in [5.41, 5.74) is 0.828. The van der Waals surface area contributed by atoms with Gasteiger partial charge in [-0.25, -0.2) is 4.98 Å². The van der Waals surface area contributed by atoms with Crippen LogP contribution in [0.15, 0.2) is 34.9 Å². The van der Waals surface area contributed by atoms with Crippen molar-refractivity contribution >= 4 is 0 Å². The number of aromatic hydroxyl groups is 1. The summed E-state index contributed by atoms with van der Waals surface area (Å²) in [7, 11) is 1.90. The molecule has 1 aromatic carbocycles. The lowest BCUT2D eigenvalue weighted by Crippen LogP contribution is -2.09. The number of benzene rings is 1. The third-order valence-electron chi connectivity index (χ3n) is 2.56. The lowest BCUT2D eigenvalue weighted by Gasteiger charge is -2.00. The van der Waals surface area contributed by atoms with Crippen LogP contribution < -0.4 is 5.32 Å². The molecule has 0 aliphatic rings. The van der Waals surface area contributed by atoms with Crippen LogP contribution in [0.5, 0.6) is 5.75 Å². The highest BCUT2D eigenvalue weighted by molar-refractivity contribution is 5.33. The van der Waals surface area contributed by atoms with E-state index in [-0.39, 0.29) is 5.75 Å². The molecule has 0 saturated carbocycles. The Morgan fingerprint density at radius 2 is 2.18 bits per heavy atom. The first kappa shape index (κ1) is 11.7.